The molecule has 3 aliphatic rings. The van der Waals surface area contributed by atoms with Crippen LogP contribution in [0.5, 0.6) is 0 Å². The molecule has 0 saturated heterocycles. The fraction of sp³-hybridized carbons (Fsp3) is 0.0800. The summed E-state index contributed by atoms with van der Waals surface area (Å²) in [6.45, 7) is 4.24. The van der Waals surface area contributed by atoms with Crippen molar-refractivity contribution >= 4 is 28.4 Å². The first-order chi connectivity index (χ1) is 13.7. The van der Waals surface area contributed by atoms with Gasteiger partial charge in [0.2, 0.25) is 0 Å². The Morgan fingerprint density at radius 3 is 2.23 bits per heavy atom. The molecule has 0 N–H and O–H groups in total. The van der Waals surface area contributed by atoms with E-state index in [0.29, 0.717) is 0 Å². The molecule has 0 aliphatic carbocycles. The zero-order chi connectivity index (χ0) is 18.8. The minimum atomic E-state index is 0. The maximum atomic E-state index is 3.70. The van der Waals surface area contributed by atoms with Crippen molar-refractivity contribution in [1.82, 2.24) is 4.90 Å². The normalized spacial score (nSPS) is 15.5. The second-order valence-corrected chi connectivity index (χ2v) is 7.40. The van der Waals surface area contributed by atoms with Crippen LogP contribution in [0, 0.1) is 26.8 Å². The van der Waals surface area contributed by atoms with E-state index in [0.717, 1.165) is 11.4 Å². The van der Waals surface area contributed by atoms with Gasteiger partial charge in [-0.3, -0.25) is 0 Å². The number of hydrogen-bond donors (Lipinski definition) is 0. The van der Waals surface area contributed by atoms with Crippen molar-refractivity contribution in [2.75, 3.05) is 28.8 Å². The Balaban J connectivity index is 0.00000109. The fourth-order valence-corrected chi connectivity index (χ4v) is 4.33. The van der Waals surface area contributed by atoms with Crippen LogP contribution in [0.25, 0.3) is 16.8 Å². The van der Waals surface area contributed by atoms with Crippen molar-refractivity contribution < 1.29 is 19.8 Å². The summed E-state index contributed by atoms with van der Waals surface area (Å²) in [6.07, 6.45) is 2.17. The predicted octanol–water partition coefficient (Wildman–Crippen LogP) is 5.49. The van der Waals surface area contributed by atoms with Crippen molar-refractivity contribution in [3.63, 3.8) is 0 Å². The number of benzene rings is 3. The average Bonchev–Trinajstić information content (AvgIpc) is 3.28. The van der Waals surface area contributed by atoms with Crippen molar-refractivity contribution in [2.24, 2.45) is 0 Å². The van der Waals surface area contributed by atoms with Gasteiger partial charge in [-0.05, 0) is 38.0 Å². The Labute approximate surface area is 192 Å². The molecule has 0 unspecified atom stereocenters. The van der Waals surface area contributed by atoms with Crippen LogP contribution in [0.2, 0.25) is 0 Å². The molecular formula is C25H22N4Os. The molecule has 150 valence electrons. The molecule has 3 aromatic rings. The molecule has 0 bridgehead atoms. The van der Waals surface area contributed by atoms with Crippen LogP contribution in [0.4, 0.5) is 22.7 Å². The molecule has 3 heterocycles. The second-order valence-electron chi connectivity index (χ2n) is 7.40. The van der Waals surface area contributed by atoms with Crippen molar-refractivity contribution in [3.05, 3.63) is 99.3 Å². The zero-order valence-corrected chi connectivity index (χ0v) is 19.7. The summed E-state index contributed by atoms with van der Waals surface area (Å²) in [7, 11) is 4.15. The summed E-state index contributed by atoms with van der Waals surface area (Å²) in [5.41, 5.74) is 9.43. The first kappa shape index (κ1) is 20.5. The molecule has 3 aromatic carbocycles. The van der Waals surface area contributed by atoms with E-state index in [4.69, 9.17) is 0 Å². The topological polar surface area (TPSA) is 13.0 Å². The van der Waals surface area contributed by atoms with Crippen LogP contribution in [0.3, 0.4) is 0 Å². The minimum absolute atomic E-state index is 0. The molecule has 0 radical (unpaired) electrons. The van der Waals surface area contributed by atoms with Crippen LogP contribution in [-0.2, 0) is 19.8 Å². The van der Waals surface area contributed by atoms with Crippen LogP contribution >= 0.6 is 0 Å². The van der Waals surface area contributed by atoms with Gasteiger partial charge < -0.3 is 27.0 Å². The third-order valence-electron chi connectivity index (χ3n) is 5.60. The van der Waals surface area contributed by atoms with Gasteiger partial charge >= 0.3 is 19.8 Å². The minimum Gasteiger partial charge on any atom is -0.510 e. The summed E-state index contributed by atoms with van der Waals surface area (Å²) in [4.78, 5) is 8.71. The maximum absolute atomic E-state index is 3.70. The molecule has 0 saturated carbocycles. The molecule has 0 amide bonds. The molecule has 0 atom stereocenters. The Morgan fingerprint density at radius 1 is 0.733 bits per heavy atom. The van der Waals surface area contributed by atoms with Crippen molar-refractivity contribution in [3.8, 4) is 11.1 Å². The smallest absolute Gasteiger partial charge is 0.510 e. The van der Waals surface area contributed by atoms with Crippen LogP contribution < -0.4 is 14.7 Å². The van der Waals surface area contributed by atoms with Gasteiger partial charge in [0.05, 0.1) is 0 Å². The number of nitrogens with zero attached hydrogens (tertiary/aromatic N) is 4. The maximum Gasteiger partial charge on any atom is 4.00 e. The summed E-state index contributed by atoms with van der Waals surface area (Å²) >= 11 is 0. The third kappa shape index (κ3) is 2.84. The Hall–Kier alpha value is -2.76. The number of hydrogen-bond acceptors (Lipinski definition) is 4. The third-order valence-corrected chi connectivity index (χ3v) is 5.60. The van der Waals surface area contributed by atoms with Crippen LogP contribution in [0.1, 0.15) is 5.56 Å². The molecule has 0 fully saturated rings. The number of anilines is 4. The molecule has 6 rings (SSSR count). The second kappa shape index (κ2) is 7.49. The van der Waals surface area contributed by atoms with Gasteiger partial charge in [0.15, 0.2) is 0 Å². The van der Waals surface area contributed by atoms with Crippen LogP contribution in [-0.4, -0.2) is 19.0 Å². The van der Waals surface area contributed by atoms with Gasteiger partial charge in [-0.2, -0.15) is 19.4 Å². The summed E-state index contributed by atoms with van der Waals surface area (Å²) in [6, 6.07) is 25.1. The zero-order valence-electron chi connectivity index (χ0n) is 17.1. The summed E-state index contributed by atoms with van der Waals surface area (Å²) in [5, 5.41) is 0. The molecule has 0 aromatic heterocycles. The molecule has 4 nitrogen and oxygen atoms in total. The molecule has 3 aliphatic heterocycles. The van der Waals surface area contributed by atoms with E-state index in [1.807, 2.05) is 0 Å². The molecule has 30 heavy (non-hydrogen) atoms. The Morgan fingerprint density at radius 2 is 1.43 bits per heavy atom. The van der Waals surface area contributed by atoms with E-state index in [9.17, 15) is 0 Å². The standard InChI is InChI=1S/C24H19N4.CH3.Os/c1-25-14-24-19-8-4-3-7-18(19)20-12-11-17(13-23(20)28(24)15-25)27-16-26(2)21-9-5-6-10-22(21)27;;/h3-12,14-16H,1-2H3;1H3;/q-3;-1;+4. The average molecular weight is 569 g/mol. The van der Waals surface area contributed by atoms with E-state index >= 15 is 0 Å². The quantitative estimate of drug-likeness (QED) is 0.360. The van der Waals surface area contributed by atoms with Gasteiger partial charge in [0, 0.05) is 17.1 Å². The van der Waals surface area contributed by atoms with Crippen LogP contribution in [0.15, 0.2) is 66.9 Å². The van der Waals surface area contributed by atoms with Crippen molar-refractivity contribution in [2.45, 2.75) is 0 Å². The summed E-state index contributed by atoms with van der Waals surface area (Å²) in [5.74, 6) is 0. The van der Waals surface area contributed by atoms with Gasteiger partial charge in [0.25, 0.3) is 0 Å². The molecule has 0 spiro atoms. The Kier molecular flexibility index (Phi) is 5.12. The van der Waals surface area contributed by atoms with E-state index in [2.05, 4.69) is 120 Å². The fourth-order valence-electron chi connectivity index (χ4n) is 4.33. The number of fused-ring (bicyclic) bond motifs is 7. The summed E-state index contributed by atoms with van der Waals surface area (Å²) < 4.78 is 0. The van der Waals surface area contributed by atoms with Gasteiger partial charge in [0.1, 0.15) is 0 Å². The van der Waals surface area contributed by atoms with E-state index in [1.165, 1.54) is 33.8 Å². The van der Waals surface area contributed by atoms with E-state index in [1.54, 1.807) is 0 Å². The Bertz CT molecular complexity index is 1140. The number of para-hydroxylation sites is 2. The van der Waals surface area contributed by atoms with Gasteiger partial charge in [-0.15, -0.1) is 23.4 Å². The largest absolute Gasteiger partial charge is 4.00 e. The van der Waals surface area contributed by atoms with E-state index in [-0.39, 0.29) is 27.2 Å². The molecule has 5 heteroatoms. The van der Waals surface area contributed by atoms with Gasteiger partial charge in [-0.1, -0.05) is 47.6 Å². The van der Waals surface area contributed by atoms with E-state index < -0.39 is 0 Å². The van der Waals surface area contributed by atoms with Gasteiger partial charge in [-0.25, -0.2) is 0 Å². The molecular weight excluding hydrogens is 547 g/mol. The van der Waals surface area contributed by atoms with Crippen molar-refractivity contribution in [1.29, 1.82) is 0 Å². The first-order valence-corrected chi connectivity index (χ1v) is 9.41. The SMILES string of the molecule is CN1C=C2c3ccccc3-c3ccc(N4[CH-]N(C)c5ccccc54)[c-]c3N2[CH-]1.[CH3-].[Os+4]. The predicted molar refractivity (Wildman–Crippen MR) is 121 cm³/mol. The number of rotatable bonds is 1. The first-order valence-electron chi connectivity index (χ1n) is 9.41. The monoisotopic (exact) mass is 570 g/mol.